The van der Waals surface area contributed by atoms with Gasteiger partial charge in [-0.25, -0.2) is 0 Å². The molecule has 1 saturated carbocycles. The fourth-order valence-electron chi connectivity index (χ4n) is 4.66. The molecule has 8 nitrogen and oxygen atoms in total. The molecule has 0 unspecified atom stereocenters. The first-order chi connectivity index (χ1) is 17.7. The van der Waals surface area contributed by atoms with E-state index >= 15 is 0 Å². The van der Waals surface area contributed by atoms with Gasteiger partial charge in [-0.05, 0) is 42.7 Å². The van der Waals surface area contributed by atoms with Gasteiger partial charge in [-0.2, -0.15) is 0 Å². The van der Waals surface area contributed by atoms with Gasteiger partial charge < -0.3 is 23.5 Å². The standard InChI is InChI=1S/C28H34N4O4/c33-27(22-31(28(34)26-9-5-17-36-26)14-13-29-15-18-35-19-16-29)32(24-10-11-24)21-25-8-4-12-30(25)20-23-6-2-1-3-7-23/h1-9,12,17,24H,10-11,13-16,18-22H2. The van der Waals surface area contributed by atoms with E-state index in [1.165, 1.54) is 11.8 Å². The lowest BCUT2D eigenvalue weighted by Crippen LogP contribution is -2.47. The summed E-state index contributed by atoms with van der Waals surface area (Å²) in [5.74, 6) is -0.00357. The molecule has 2 fully saturated rings. The van der Waals surface area contributed by atoms with Crippen LogP contribution in [0.4, 0.5) is 0 Å². The summed E-state index contributed by atoms with van der Waals surface area (Å²) in [6.07, 6.45) is 5.57. The number of hydrogen-bond acceptors (Lipinski definition) is 5. The van der Waals surface area contributed by atoms with Crippen LogP contribution in [0.3, 0.4) is 0 Å². The molecule has 1 aliphatic carbocycles. The molecule has 190 valence electrons. The van der Waals surface area contributed by atoms with Crippen molar-refractivity contribution in [2.75, 3.05) is 45.9 Å². The second-order valence-corrected chi connectivity index (χ2v) is 9.52. The fraction of sp³-hybridized carbons (Fsp3) is 0.429. The molecular weight excluding hydrogens is 456 g/mol. The molecule has 0 bridgehead atoms. The Morgan fingerprint density at radius 1 is 0.972 bits per heavy atom. The van der Waals surface area contributed by atoms with Crippen molar-refractivity contribution in [3.63, 3.8) is 0 Å². The monoisotopic (exact) mass is 490 g/mol. The molecule has 1 saturated heterocycles. The molecule has 1 aliphatic heterocycles. The van der Waals surface area contributed by atoms with Crippen molar-refractivity contribution in [1.29, 1.82) is 0 Å². The Kier molecular flexibility index (Phi) is 7.83. The highest BCUT2D eigenvalue weighted by Crippen LogP contribution is 2.29. The van der Waals surface area contributed by atoms with E-state index in [9.17, 15) is 9.59 Å². The van der Waals surface area contributed by atoms with Gasteiger partial charge in [-0.1, -0.05) is 30.3 Å². The van der Waals surface area contributed by atoms with Gasteiger partial charge in [0.15, 0.2) is 5.76 Å². The fourth-order valence-corrected chi connectivity index (χ4v) is 4.66. The molecule has 3 aromatic rings. The van der Waals surface area contributed by atoms with E-state index in [-0.39, 0.29) is 30.2 Å². The summed E-state index contributed by atoms with van der Waals surface area (Å²) in [4.78, 5) is 32.7. The van der Waals surface area contributed by atoms with Crippen LogP contribution in [0.25, 0.3) is 0 Å². The van der Waals surface area contributed by atoms with Gasteiger partial charge >= 0.3 is 0 Å². The molecule has 3 heterocycles. The third-order valence-corrected chi connectivity index (χ3v) is 6.89. The zero-order valence-corrected chi connectivity index (χ0v) is 20.6. The third-order valence-electron chi connectivity index (χ3n) is 6.89. The predicted molar refractivity (Wildman–Crippen MR) is 135 cm³/mol. The Hall–Kier alpha value is -3.36. The van der Waals surface area contributed by atoms with Crippen LogP contribution in [0.15, 0.2) is 71.5 Å². The van der Waals surface area contributed by atoms with Crippen LogP contribution in [0.1, 0.15) is 34.7 Å². The normalized spacial score (nSPS) is 16.1. The molecule has 0 spiro atoms. The summed E-state index contributed by atoms with van der Waals surface area (Å²) < 4.78 is 13.0. The van der Waals surface area contributed by atoms with Crippen LogP contribution >= 0.6 is 0 Å². The largest absolute Gasteiger partial charge is 0.459 e. The molecule has 0 radical (unpaired) electrons. The number of amides is 2. The summed E-state index contributed by atoms with van der Waals surface area (Å²) in [5.41, 5.74) is 2.31. The van der Waals surface area contributed by atoms with Crippen molar-refractivity contribution in [2.45, 2.75) is 32.0 Å². The van der Waals surface area contributed by atoms with E-state index < -0.39 is 0 Å². The summed E-state index contributed by atoms with van der Waals surface area (Å²) in [7, 11) is 0. The number of furan rings is 1. The van der Waals surface area contributed by atoms with Gasteiger partial charge in [0.25, 0.3) is 5.91 Å². The van der Waals surface area contributed by atoms with E-state index in [1.807, 2.05) is 29.2 Å². The number of carbonyl (C=O) groups excluding carboxylic acids is 2. The van der Waals surface area contributed by atoms with Crippen LogP contribution in [0, 0.1) is 0 Å². The molecular formula is C28H34N4O4. The van der Waals surface area contributed by atoms with Crippen molar-refractivity contribution >= 4 is 11.8 Å². The number of rotatable bonds is 11. The van der Waals surface area contributed by atoms with Gasteiger partial charge in [0.2, 0.25) is 5.91 Å². The number of morpholine rings is 1. The van der Waals surface area contributed by atoms with E-state index in [2.05, 4.69) is 33.9 Å². The summed E-state index contributed by atoms with van der Waals surface area (Å²) in [6.45, 7) is 5.58. The lowest BCUT2D eigenvalue weighted by molar-refractivity contribution is -0.133. The topological polar surface area (TPSA) is 71.2 Å². The van der Waals surface area contributed by atoms with E-state index in [0.717, 1.165) is 38.2 Å². The average Bonchev–Trinajstić information content (AvgIpc) is 3.41. The van der Waals surface area contributed by atoms with Crippen LogP contribution in [-0.2, 0) is 22.6 Å². The van der Waals surface area contributed by atoms with Gasteiger partial charge in [-0.15, -0.1) is 0 Å². The SMILES string of the molecule is O=C(c1ccco1)N(CCN1CCOCC1)CC(=O)N(Cc1cccn1Cc1ccccc1)C1CC1. The van der Waals surface area contributed by atoms with Gasteiger partial charge in [0.1, 0.15) is 6.54 Å². The maximum Gasteiger partial charge on any atom is 0.290 e. The molecule has 2 amide bonds. The zero-order valence-electron chi connectivity index (χ0n) is 20.6. The third kappa shape index (κ3) is 6.25. The first kappa shape index (κ1) is 24.3. The minimum Gasteiger partial charge on any atom is -0.459 e. The van der Waals surface area contributed by atoms with Gasteiger partial charge in [-0.3, -0.25) is 14.5 Å². The highest BCUT2D eigenvalue weighted by atomic mass is 16.5. The Morgan fingerprint density at radius 2 is 1.78 bits per heavy atom. The highest BCUT2D eigenvalue weighted by Gasteiger charge is 2.34. The molecule has 5 rings (SSSR count). The predicted octanol–water partition coefficient (Wildman–Crippen LogP) is 3.10. The van der Waals surface area contributed by atoms with Crippen LogP contribution in [-0.4, -0.2) is 83.1 Å². The van der Waals surface area contributed by atoms with Crippen molar-refractivity contribution < 1.29 is 18.7 Å². The Bertz CT molecular complexity index is 1120. The second-order valence-electron chi connectivity index (χ2n) is 9.52. The zero-order chi connectivity index (χ0) is 24.7. The number of hydrogen-bond donors (Lipinski definition) is 0. The van der Waals surface area contributed by atoms with Crippen LogP contribution in [0.2, 0.25) is 0 Å². The maximum atomic E-state index is 13.6. The summed E-state index contributed by atoms with van der Waals surface area (Å²) in [5, 5.41) is 0. The van der Waals surface area contributed by atoms with Crippen molar-refractivity contribution in [2.24, 2.45) is 0 Å². The Labute approximate surface area is 212 Å². The van der Waals surface area contributed by atoms with Crippen molar-refractivity contribution in [3.05, 3.63) is 84.1 Å². The summed E-state index contributed by atoms with van der Waals surface area (Å²) in [6, 6.07) is 18.0. The van der Waals surface area contributed by atoms with Crippen LogP contribution < -0.4 is 0 Å². The smallest absolute Gasteiger partial charge is 0.290 e. The molecule has 2 aliphatic rings. The number of nitrogens with zero attached hydrogens (tertiary/aromatic N) is 4. The molecule has 0 N–H and O–H groups in total. The molecule has 1 aromatic carbocycles. The second kappa shape index (κ2) is 11.6. The lowest BCUT2D eigenvalue weighted by atomic mass is 10.2. The number of aromatic nitrogens is 1. The highest BCUT2D eigenvalue weighted by molar-refractivity contribution is 5.94. The Morgan fingerprint density at radius 3 is 2.50 bits per heavy atom. The van der Waals surface area contributed by atoms with Gasteiger partial charge in [0, 0.05) is 50.7 Å². The van der Waals surface area contributed by atoms with E-state index in [0.29, 0.717) is 32.8 Å². The number of carbonyl (C=O) groups is 2. The Balaban J connectivity index is 1.27. The molecule has 8 heteroatoms. The van der Waals surface area contributed by atoms with Crippen molar-refractivity contribution in [1.82, 2.24) is 19.3 Å². The molecule has 0 atom stereocenters. The minimum absolute atomic E-state index is 0.0214. The minimum atomic E-state index is -0.246. The molecule has 36 heavy (non-hydrogen) atoms. The number of benzene rings is 1. The summed E-state index contributed by atoms with van der Waals surface area (Å²) >= 11 is 0. The quantitative estimate of drug-likeness (QED) is 0.413. The van der Waals surface area contributed by atoms with Crippen LogP contribution in [0.5, 0.6) is 0 Å². The first-order valence-electron chi connectivity index (χ1n) is 12.8. The van der Waals surface area contributed by atoms with E-state index in [4.69, 9.17) is 9.15 Å². The van der Waals surface area contributed by atoms with Gasteiger partial charge in [0.05, 0.1) is 26.0 Å². The maximum absolute atomic E-state index is 13.6. The number of ether oxygens (including phenoxy) is 1. The van der Waals surface area contributed by atoms with E-state index in [1.54, 1.807) is 17.0 Å². The van der Waals surface area contributed by atoms with Crippen molar-refractivity contribution in [3.8, 4) is 0 Å². The first-order valence-corrected chi connectivity index (χ1v) is 12.8. The molecule has 2 aromatic heterocycles. The average molecular weight is 491 g/mol. The lowest BCUT2D eigenvalue weighted by Gasteiger charge is -2.31.